The molecule has 1 heterocycles. The van der Waals surface area contributed by atoms with Gasteiger partial charge >= 0.3 is 6.18 Å². The number of benzene rings is 1. The second-order valence-electron chi connectivity index (χ2n) is 8.00. The highest BCUT2D eigenvalue weighted by Gasteiger charge is 2.51. The van der Waals surface area contributed by atoms with Gasteiger partial charge in [-0.1, -0.05) is 6.08 Å². The third-order valence-corrected chi connectivity index (χ3v) is 7.94. The maximum atomic E-state index is 13.4. The van der Waals surface area contributed by atoms with Crippen LogP contribution in [0.2, 0.25) is 0 Å². The predicted octanol–water partition coefficient (Wildman–Crippen LogP) is 3.27. The Balaban J connectivity index is 1.99. The Hall–Kier alpha value is -2.49. The first-order valence-electron chi connectivity index (χ1n) is 9.67. The number of anilines is 1. The number of amides is 1. The normalized spacial score (nSPS) is 21.5. The maximum absolute atomic E-state index is 13.4. The van der Waals surface area contributed by atoms with E-state index in [0.29, 0.717) is 18.5 Å². The number of carbonyl (C=O) groups is 1. The summed E-state index contributed by atoms with van der Waals surface area (Å²) in [6.45, 7) is 3.21. The number of rotatable bonds is 4. The Kier molecular flexibility index (Phi) is 6.14. The molecule has 1 unspecified atom stereocenters. The zero-order valence-electron chi connectivity index (χ0n) is 17.5. The number of nitrogens with one attached hydrogen (secondary N) is 1. The number of nitrogens with zero attached hydrogens (tertiary/aromatic N) is 3. The van der Waals surface area contributed by atoms with Crippen LogP contribution < -0.4 is 9.62 Å². The molecule has 1 saturated heterocycles. The smallest absolute Gasteiger partial charge is 0.308 e. The molecule has 172 valence electrons. The summed E-state index contributed by atoms with van der Waals surface area (Å²) in [7, 11) is -2.11. The molecule has 32 heavy (non-hydrogen) atoms. The Morgan fingerprint density at radius 3 is 2.47 bits per heavy atom. The quantitative estimate of drug-likeness (QED) is 0.657. The Morgan fingerprint density at radius 1 is 1.31 bits per heavy atom. The van der Waals surface area contributed by atoms with Crippen molar-refractivity contribution in [2.24, 2.45) is 0 Å². The van der Waals surface area contributed by atoms with Crippen LogP contribution in [0.4, 0.5) is 18.9 Å². The van der Waals surface area contributed by atoms with Crippen molar-refractivity contribution in [2.75, 3.05) is 11.9 Å². The molecule has 1 N–H and O–H groups in total. The lowest BCUT2D eigenvalue weighted by Crippen LogP contribution is -2.44. The largest absolute Gasteiger partial charge is 0.417 e. The molecular weight excluding hydrogens is 465 g/mol. The summed E-state index contributed by atoms with van der Waals surface area (Å²) in [5, 5.41) is 8.40. The van der Waals surface area contributed by atoms with Gasteiger partial charge in [-0.3, -0.25) is 9.69 Å². The number of alkyl halides is 3. The van der Waals surface area contributed by atoms with Crippen molar-refractivity contribution in [3.8, 4) is 6.07 Å². The van der Waals surface area contributed by atoms with Crippen molar-refractivity contribution in [1.29, 1.82) is 5.26 Å². The lowest BCUT2D eigenvalue weighted by Gasteiger charge is -2.34. The summed E-state index contributed by atoms with van der Waals surface area (Å²) >= 11 is 5.49. The van der Waals surface area contributed by atoms with E-state index in [1.54, 1.807) is 24.8 Å². The van der Waals surface area contributed by atoms with Gasteiger partial charge in [0.05, 0.1) is 28.1 Å². The molecular formula is C20H21F3N4O3S2. The first-order chi connectivity index (χ1) is 14.8. The molecule has 12 heteroatoms. The van der Waals surface area contributed by atoms with Crippen molar-refractivity contribution in [1.82, 2.24) is 9.62 Å². The number of hydrogen-bond acceptors (Lipinski definition) is 5. The van der Waals surface area contributed by atoms with E-state index in [9.17, 15) is 26.4 Å². The maximum Gasteiger partial charge on any atom is 0.417 e. The van der Waals surface area contributed by atoms with Gasteiger partial charge < -0.3 is 4.90 Å². The van der Waals surface area contributed by atoms with Gasteiger partial charge in [0.15, 0.2) is 5.11 Å². The topological polar surface area (TPSA) is 93.5 Å². The molecule has 0 radical (unpaired) electrons. The minimum Gasteiger partial charge on any atom is -0.308 e. The summed E-state index contributed by atoms with van der Waals surface area (Å²) < 4.78 is 66.7. The number of sulfonamides is 1. The predicted molar refractivity (Wildman–Crippen MR) is 116 cm³/mol. The molecule has 1 atom stereocenters. The molecule has 0 aromatic heterocycles. The highest BCUT2D eigenvalue weighted by Crippen LogP contribution is 2.40. The number of halogens is 3. The van der Waals surface area contributed by atoms with E-state index >= 15 is 0 Å². The molecule has 1 aromatic rings. The van der Waals surface area contributed by atoms with Gasteiger partial charge in [0.25, 0.3) is 5.91 Å². The second kappa shape index (κ2) is 8.13. The molecule has 1 fully saturated rings. The van der Waals surface area contributed by atoms with E-state index < -0.39 is 44.0 Å². The molecule has 0 saturated carbocycles. The molecule has 1 aromatic carbocycles. The van der Waals surface area contributed by atoms with Gasteiger partial charge in [-0.2, -0.15) is 18.4 Å². The minimum absolute atomic E-state index is 0.000921. The van der Waals surface area contributed by atoms with Gasteiger partial charge in [0, 0.05) is 5.70 Å². The van der Waals surface area contributed by atoms with E-state index in [1.165, 1.54) is 19.2 Å². The SMILES string of the molecule is CNS(=O)(=O)C1CC=C(N2C(=S)N(c3ccc(C#N)c(C(F)(F)F)c3)C(=O)C2(C)C)CC1. The molecule has 2 aliphatic rings. The van der Waals surface area contributed by atoms with Crippen LogP contribution in [0, 0.1) is 11.3 Å². The zero-order chi connectivity index (χ0) is 24.1. The Labute approximate surface area is 189 Å². The minimum atomic E-state index is -4.78. The van der Waals surface area contributed by atoms with E-state index in [4.69, 9.17) is 17.5 Å². The monoisotopic (exact) mass is 486 g/mol. The second-order valence-corrected chi connectivity index (χ2v) is 10.5. The molecule has 0 spiro atoms. The molecule has 1 aliphatic heterocycles. The number of nitriles is 1. The van der Waals surface area contributed by atoms with Crippen LogP contribution in [0.1, 0.15) is 44.2 Å². The molecule has 1 amide bonds. The van der Waals surface area contributed by atoms with Crippen molar-refractivity contribution in [3.63, 3.8) is 0 Å². The van der Waals surface area contributed by atoms with Gasteiger partial charge in [-0.25, -0.2) is 13.1 Å². The van der Waals surface area contributed by atoms with Crippen LogP contribution >= 0.6 is 12.2 Å². The zero-order valence-corrected chi connectivity index (χ0v) is 19.2. The molecule has 1 aliphatic carbocycles. The third-order valence-electron chi connectivity index (χ3n) is 5.70. The molecule has 0 bridgehead atoms. The fourth-order valence-corrected chi connectivity index (χ4v) is 5.60. The fourth-order valence-electron chi connectivity index (χ4n) is 3.96. The van der Waals surface area contributed by atoms with Gasteiger partial charge in [-0.05, 0) is 70.6 Å². The van der Waals surface area contributed by atoms with E-state index in [1.807, 2.05) is 0 Å². The summed E-state index contributed by atoms with van der Waals surface area (Å²) in [6.07, 6.45) is -2.21. The van der Waals surface area contributed by atoms with Crippen molar-refractivity contribution < 1.29 is 26.4 Å². The van der Waals surface area contributed by atoms with Crippen LogP contribution in [0.15, 0.2) is 30.0 Å². The van der Waals surface area contributed by atoms with E-state index in [2.05, 4.69) is 4.72 Å². The summed E-state index contributed by atoms with van der Waals surface area (Å²) in [5.74, 6) is -0.522. The summed E-state index contributed by atoms with van der Waals surface area (Å²) in [5.41, 5.74) is -2.34. The average Bonchev–Trinajstić information content (AvgIpc) is 2.91. The van der Waals surface area contributed by atoms with Crippen molar-refractivity contribution in [2.45, 2.75) is 50.1 Å². The van der Waals surface area contributed by atoms with Crippen LogP contribution in [0.25, 0.3) is 0 Å². The third kappa shape index (κ3) is 4.00. The standard InChI is InChI=1S/C20H21F3N4O3S2/c1-19(2)17(28)26(14-5-4-12(11-24)16(10-14)20(21,22)23)18(31)27(19)13-6-8-15(9-7-13)32(29,30)25-3/h4-6,10,15,25H,7-9H2,1-3H3. The summed E-state index contributed by atoms with van der Waals surface area (Å²) in [4.78, 5) is 15.8. The number of allylic oxidation sites excluding steroid dienone is 2. The highest BCUT2D eigenvalue weighted by molar-refractivity contribution is 7.90. The average molecular weight is 487 g/mol. The Morgan fingerprint density at radius 2 is 1.97 bits per heavy atom. The van der Waals surface area contributed by atoms with E-state index in [0.717, 1.165) is 17.0 Å². The Bertz CT molecular complexity index is 1150. The fraction of sp³-hybridized carbons (Fsp3) is 0.450. The lowest BCUT2D eigenvalue weighted by atomic mass is 9.98. The lowest BCUT2D eigenvalue weighted by molar-refractivity contribution is -0.137. The van der Waals surface area contributed by atoms with Crippen LogP contribution in [0.3, 0.4) is 0 Å². The number of thiocarbonyl (C=S) groups is 1. The van der Waals surface area contributed by atoms with Crippen molar-refractivity contribution >= 4 is 38.9 Å². The molecule has 7 nitrogen and oxygen atoms in total. The first kappa shape index (κ1) is 24.2. The van der Waals surface area contributed by atoms with Gasteiger partial charge in [0.2, 0.25) is 10.0 Å². The summed E-state index contributed by atoms with van der Waals surface area (Å²) in [6, 6.07) is 4.52. The van der Waals surface area contributed by atoms with Crippen LogP contribution in [-0.4, -0.2) is 42.2 Å². The van der Waals surface area contributed by atoms with Crippen LogP contribution in [-0.2, 0) is 21.0 Å². The van der Waals surface area contributed by atoms with Crippen molar-refractivity contribution in [3.05, 3.63) is 41.1 Å². The number of carbonyl (C=O) groups excluding carboxylic acids is 1. The van der Waals surface area contributed by atoms with Gasteiger partial charge in [-0.15, -0.1) is 0 Å². The molecule has 3 rings (SSSR count). The number of hydrogen-bond donors (Lipinski definition) is 1. The van der Waals surface area contributed by atoms with Gasteiger partial charge in [0.1, 0.15) is 5.54 Å². The highest BCUT2D eigenvalue weighted by atomic mass is 32.2. The first-order valence-corrected chi connectivity index (χ1v) is 11.6. The van der Waals surface area contributed by atoms with Crippen LogP contribution in [0.5, 0.6) is 0 Å². The van der Waals surface area contributed by atoms with E-state index in [-0.39, 0.29) is 17.2 Å².